The van der Waals surface area contributed by atoms with Gasteiger partial charge in [0.25, 0.3) is 0 Å². The number of thiazole rings is 1. The number of carbonyl (C=O) groups is 1. The van der Waals surface area contributed by atoms with E-state index in [0.29, 0.717) is 11.3 Å². The highest BCUT2D eigenvalue weighted by Crippen LogP contribution is 2.63. The van der Waals surface area contributed by atoms with E-state index >= 15 is 0 Å². The van der Waals surface area contributed by atoms with E-state index in [4.69, 9.17) is 0 Å². The van der Waals surface area contributed by atoms with Crippen LogP contribution in [0.15, 0.2) is 6.20 Å². The Kier molecular flexibility index (Phi) is 3.50. The normalized spacial score (nSPS) is 27.9. The van der Waals surface area contributed by atoms with Crippen LogP contribution in [0.25, 0.3) is 0 Å². The Bertz CT molecular complexity index is 529. The molecule has 1 unspecified atom stereocenters. The highest BCUT2D eigenvalue weighted by molar-refractivity contribution is 7.15. The molecule has 0 radical (unpaired) electrons. The molecule has 114 valence electrons. The van der Waals surface area contributed by atoms with Crippen molar-refractivity contribution >= 4 is 22.4 Å². The molecule has 0 bridgehead atoms. The van der Waals surface area contributed by atoms with E-state index in [-0.39, 0.29) is 11.8 Å². The van der Waals surface area contributed by atoms with E-state index in [0.717, 1.165) is 24.6 Å². The largest absolute Gasteiger partial charge is 0.317 e. The lowest BCUT2D eigenvalue weighted by atomic mass is 9.97. The first-order valence-corrected chi connectivity index (χ1v) is 9.06. The van der Waals surface area contributed by atoms with Crippen LogP contribution in [0, 0.1) is 11.3 Å². The van der Waals surface area contributed by atoms with Crippen LogP contribution in [0.1, 0.15) is 55.7 Å². The Morgan fingerprint density at radius 2 is 2.10 bits per heavy atom. The first kappa shape index (κ1) is 13.7. The Labute approximate surface area is 129 Å². The van der Waals surface area contributed by atoms with E-state index in [1.54, 1.807) is 11.3 Å². The number of aromatic nitrogens is 1. The van der Waals surface area contributed by atoms with Crippen LogP contribution in [0.5, 0.6) is 0 Å². The summed E-state index contributed by atoms with van der Waals surface area (Å²) < 4.78 is 0. The van der Waals surface area contributed by atoms with Gasteiger partial charge in [0.2, 0.25) is 5.91 Å². The molecule has 2 aliphatic carbocycles. The van der Waals surface area contributed by atoms with Gasteiger partial charge in [-0.1, -0.05) is 12.8 Å². The number of piperidine rings is 1. The maximum atomic E-state index is 12.4. The third-order valence-corrected chi connectivity index (χ3v) is 6.68. The summed E-state index contributed by atoms with van der Waals surface area (Å²) in [5.41, 5.74) is 0.374. The number of hydrogen-bond donors (Lipinski definition) is 2. The summed E-state index contributed by atoms with van der Waals surface area (Å²) in [6, 6.07) is 0. The number of hydrogen-bond acceptors (Lipinski definition) is 4. The smallest absolute Gasteiger partial charge is 0.229 e. The van der Waals surface area contributed by atoms with Gasteiger partial charge in [0, 0.05) is 17.0 Å². The molecule has 1 spiro atoms. The molecular weight excluding hydrogens is 282 g/mol. The monoisotopic (exact) mass is 305 g/mol. The van der Waals surface area contributed by atoms with Crippen molar-refractivity contribution in [2.45, 2.75) is 50.9 Å². The van der Waals surface area contributed by atoms with Crippen molar-refractivity contribution in [1.29, 1.82) is 0 Å². The third-order valence-electron chi connectivity index (χ3n) is 5.60. The molecule has 2 N–H and O–H groups in total. The SMILES string of the molecule is O=C(Nc1ncc(C2CCNCC2)s1)C1CC12CCCC2. The molecule has 1 amide bonds. The Balaban J connectivity index is 1.37. The van der Waals surface area contributed by atoms with Gasteiger partial charge in [-0.2, -0.15) is 0 Å². The van der Waals surface area contributed by atoms with Crippen LogP contribution in [0.4, 0.5) is 5.13 Å². The zero-order chi connectivity index (χ0) is 14.3. The first-order chi connectivity index (χ1) is 10.3. The molecule has 1 aromatic rings. The molecule has 4 rings (SSSR count). The molecule has 1 saturated heterocycles. The van der Waals surface area contributed by atoms with Crippen LogP contribution in [-0.2, 0) is 4.79 Å². The zero-order valence-electron chi connectivity index (χ0n) is 12.4. The Morgan fingerprint density at radius 1 is 1.33 bits per heavy atom. The molecule has 1 aliphatic heterocycles. The van der Waals surface area contributed by atoms with Gasteiger partial charge in [-0.25, -0.2) is 4.98 Å². The fourth-order valence-electron chi connectivity index (χ4n) is 4.18. The van der Waals surface area contributed by atoms with Crippen molar-refractivity contribution < 1.29 is 4.79 Å². The lowest BCUT2D eigenvalue weighted by molar-refractivity contribution is -0.118. The van der Waals surface area contributed by atoms with E-state index in [2.05, 4.69) is 15.6 Å². The fourth-order valence-corrected chi connectivity index (χ4v) is 5.17. The first-order valence-electron chi connectivity index (χ1n) is 8.24. The number of nitrogens with zero attached hydrogens (tertiary/aromatic N) is 1. The van der Waals surface area contributed by atoms with Gasteiger partial charge in [0.05, 0.1) is 0 Å². The highest BCUT2D eigenvalue weighted by atomic mass is 32.1. The van der Waals surface area contributed by atoms with Crippen molar-refractivity contribution in [3.05, 3.63) is 11.1 Å². The van der Waals surface area contributed by atoms with Crippen molar-refractivity contribution in [3.63, 3.8) is 0 Å². The van der Waals surface area contributed by atoms with Crippen LogP contribution in [-0.4, -0.2) is 24.0 Å². The predicted molar refractivity (Wildman–Crippen MR) is 84.6 cm³/mol. The average molecular weight is 305 g/mol. The number of anilines is 1. The molecule has 4 nitrogen and oxygen atoms in total. The quantitative estimate of drug-likeness (QED) is 0.902. The summed E-state index contributed by atoms with van der Waals surface area (Å²) in [5.74, 6) is 1.09. The highest BCUT2D eigenvalue weighted by Gasteiger charge is 2.58. The summed E-state index contributed by atoms with van der Waals surface area (Å²) >= 11 is 1.67. The minimum absolute atomic E-state index is 0.211. The van der Waals surface area contributed by atoms with Gasteiger partial charge < -0.3 is 10.6 Å². The zero-order valence-corrected chi connectivity index (χ0v) is 13.2. The number of amides is 1. The molecule has 5 heteroatoms. The van der Waals surface area contributed by atoms with Gasteiger partial charge in [-0.3, -0.25) is 4.79 Å². The second-order valence-corrected chi connectivity index (χ2v) is 7.97. The van der Waals surface area contributed by atoms with Gasteiger partial charge in [0.15, 0.2) is 5.13 Å². The topological polar surface area (TPSA) is 54.0 Å². The van der Waals surface area contributed by atoms with Crippen LogP contribution < -0.4 is 10.6 Å². The van der Waals surface area contributed by atoms with Gasteiger partial charge in [-0.05, 0) is 56.5 Å². The molecule has 1 atom stereocenters. The molecule has 2 heterocycles. The molecule has 0 aromatic carbocycles. The summed E-state index contributed by atoms with van der Waals surface area (Å²) in [6.07, 6.45) is 10.6. The Morgan fingerprint density at radius 3 is 2.86 bits per heavy atom. The summed E-state index contributed by atoms with van der Waals surface area (Å²) in [7, 11) is 0. The third kappa shape index (κ3) is 2.61. The molecule has 1 aromatic heterocycles. The number of carbonyl (C=O) groups excluding carboxylic acids is 1. The molecule has 21 heavy (non-hydrogen) atoms. The van der Waals surface area contributed by atoms with E-state index < -0.39 is 0 Å². The fraction of sp³-hybridized carbons (Fsp3) is 0.750. The second-order valence-electron chi connectivity index (χ2n) is 6.91. The van der Waals surface area contributed by atoms with Crippen molar-refractivity contribution in [1.82, 2.24) is 10.3 Å². The van der Waals surface area contributed by atoms with Crippen molar-refractivity contribution in [2.75, 3.05) is 18.4 Å². The van der Waals surface area contributed by atoms with Crippen LogP contribution in [0.3, 0.4) is 0 Å². The van der Waals surface area contributed by atoms with Gasteiger partial charge >= 0.3 is 0 Å². The average Bonchev–Trinajstić information content (AvgIpc) is 2.85. The lowest BCUT2D eigenvalue weighted by Crippen LogP contribution is -2.26. The molecule has 3 aliphatic rings. The van der Waals surface area contributed by atoms with Crippen LogP contribution >= 0.6 is 11.3 Å². The maximum absolute atomic E-state index is 12.4. The van der Waals surface area contributed by atoms with Crippen molar-refractivity contribution in [3.8, 4) is 0 Å². The van der Waals surface area contributed by atoms with E-state index in [1.165, 1.54) is 43.4 Å². The van der Waals surface area contributed by atoms with Crippen molar-refractivity contribution in [2.24, 2.45) is 11.3 Å². The second kappa shape index (κ2) is 5.36. The minimum atomic E-state index is 0.211. The van der Waals surface area contributed by atoms with E-state index in [1.807, 2.05) is 6.20 Å². The molecule has 3 fully saturated rings. The van der Waals surface area contributed by atoms with Gasteiger partial charge in [0.1, 0.15) is 0 Å². The molecule has 2 saturated carbocycles. The predicted octanol–water partition coefficient (Wildman–Crippen LogP) is 3.13. The van der Waals surface area contributed by atoms with E-state index in [9.17, 15) is 4.79 Å². The minimum Gasteiger partial charge on any atom is -0.317 e. The summed E-state index contributed by atoms with van der Waals surface area (Å²) in [6.45, 7) is 2.18. The van der Waals surface area contributed by atoms with Gasteiger partial charge in [-0.15, -0.1) is 11.3 Å². The summed E-state index contributed by atoms with van der Waals surface area (Å²) in [5, 5.41) is 7.26. The lowest BCUT2D eigenvalue weighted by Gasteiger charge is -2.20. The summed E-state index contributed by atoms with van der Waals surface area (Å²) in [4.78, 5) is 18.1. The number of nitrogens with one attached hydrogen (secondary N) is 2. The maximum Gasteiger partial charge on any atom is 0.229 e. The van der Waals surface area contributed by atoms with Crippen LogP contribution in [0.2, 0.25) is 0 Å². The number of rotatable bonds is 3. The molecular formula is C16H23N3OS. The standard InChI is InChI=1S/C16H23N3OS/c20-14(12-9-16(12)5-1-2-6-16)19-15-18-10-13(21-15)11-3-7-17-8-4-11/h10-12,17H,1-9H2,(H,18,19,20). The Hall–Kier alpha value is -0.940.